The number of hydrogen-bond donors (Lipinski definition) is 1. The molecule has 0 bridgehead atoms. The zero-order valence-electron chi connectivity index (χ0n) is 14.8. The van der Waals surface area contributed by atoms with E-state index in [4.69, 9.17) is 0 Å². The molecule has 0 atom stereocenters. The maximum Gasteiger partial charge on any atom is 0.268 e. The molecule has 0 unspecified atom stereocenters. The van der Waals surface area contributed by atoms with E-state index >= 15 is 0 Å². The van der Waals surface area contributed by atoms with Crippen LogP contribution in [0.1, 0.15) is 42.5 Å². The van der Waals surface area contributed by atoms with Gasteiger partial charge in [0.05, 0.1) is 12.1 Å². The maximum absolute atomic E-state index is 12.6. The van der Waals surface area contributed by atoms with Crippen LogP contribution in [0, 0.1) is 0 Å². The second-order valence-electron chi connectivity index (χ2n) is 7.14. The summed E-state index contributed by atoms with van der Waals surface area (Å²) in [4.78, 5) is 33.4. The molecule has 1 aromatic carbocycles. The number of benzene rings is 1. The van der Waals surface area contributed by atoms with Crippen LogP contribution in [0.15, 0.2) is 40.5 Å². The van der Waals surface area contributed by atoms with Gasteiger partial charge < -0.3 is 9.88 Å². The van der Waals surface area contributed by atoms with E-state index in [0.717, 1.165) is 0 Å². The van der Waals surface area contributed by atoms with E-state index in [1.54, 1.807) is 11.9 Å². The molecule has 0 saturated heterocycles. The summed E-state index contributed by atoms with van der Waals surface area (Å²) in [5.74, 6) is 0.381. The zero-order chi connectivity index (χ0) is 18.2. The predicted molar refractivity (Wildman–Crippen MR) is 101 cm³/mol. The van der Waals surface area contributed by atoms with E-state index in [1.807, 2.05) is 35.7 Å². The smallest absolute Gasteiger partial charge is 0.268 e. The van der Waals surface area contributed by atoms with Crippen molar-refractivity contribution in [2.45, 2.75) is 32.7 Å². The van der Waals surface area contributed by atoms with Crippen LogP contribution in [-0.2, 0) is 12.0 Å². The third-order valence-corrected chi connectivity index (χ3v) is 5.00. The molecule has 5 nitrogen and oxygen atoms in total. The quantitative estimate of drug-likeness (QED) is 0.781. The van der Waals surface area contributed by atoms with E-state index in [0.29, 0.717) is 21.6 Å². The van der Waals surface area contributed by atoms with Crippen molar-refractivity contribution in [3.8, 4) is 0 Å². The molecular formula is C19H21N3O2S. The summed E-state index contributed by atoms with van der Waals surface area (Å²) in [6.07, 6.45) is 0. The first-order valence-electron chi connectivity index (χ1n) is 8.08. The van der Waals surface area contributed by atoms with Gasteiger partial charge in [0, 0.05) is 12.6 Å². The summed E-state index contributed by atoms with van der Waals surface area (Å²) < 4.78 is 0.607. The Kier molecular flexibility index (Phi) is 4.47. The van der Waals surface area contributed by atoms with Crippen molar-refractivity contribution in [2.75, 3.05) is 7.05 Å². The van der Waals surface area contributed by atoms with Crippen molar-refractivity contribution in [1.29, 1.82) is 0 Å². The Bertz CT molecular complexity index is 965. The molecular weight excluding hydrogens is 334 g/mol. The second-order valence-corrected chi connectivity index (χ2v) is 8.05. The molecule has 0 fully saturated rings. The first kappa shape index (κ1) is 17.4. The number of carbonyl (C=O) groups excluding carboxylic acids is 1. The molecule has 0 aliphatic carbocycles. The Hall–Kier alpha value is -2.47. The lowest BCUT2D eigenvalue weighted by Crippen LogP contribution is -2.28. The fourth-order valence-electron chi connectivity index (χ4n) is 2.63. The van der Waals surface area contributed by atoms with Crippen LogP contribution in [-0.4, -0.2) is 27.8 Å². The van der Waals surface area contributed by atoms with Gasteiger partial charge in [-0.05, 0) is 34.6 Å². The number of carbonyl (C=O) groups is 1. The van der Waals surface area contributed by atoms with Gasteiger partial charge in [0.25, 0.3) is 11.5 Å². The van der Waals surface area contributed by atoms with E-state index in [-0.39, 0.29) is 23.4 Å². The lowest BCUT2D eigenvalue weighted by Gasteiger charge is -2.20. The highest BCUT2D eigenvalue weighted by Gasteiger charge is 2.17. The number of amides is 1. The van der Waals surface area contributed by atoms with Crippen LogP contribution in [0.4, 0.5) is 0 Å². The fourth-order valence-corrected chi connectivity index (χ4v) is 3.35. The minimum absolute atomic E-state index is 0.0484. The van der Waals surface area contributed by atoms with Gasteiger partial charge in [0.1, 0.15) is 10.5 Å². The Morgan fingerprint density at radius 1 is 1.20 bits per heavy atom. The van der Waals surface area contributed by atoms with Gasteiger partial charge in [-0.1, -0.05) is 32.9 Å². The third kappa shape index (κ3) is 3.64. The number of hydrogen-bond acceptors (Lipinski definition) is 4. The molecule has 25 heavy (non-hydrogen) atoms. The SMILES string of the molecule is CN(Cc1nc2ccsc2c(=O)[nH]1)C(=O)c1ccc(C(C)(C)C)cc1. The molecule has 1 amide bonds. The van der Waals surface area contributed by atoms with Gasteiger partial charge in [-0.25, -0.2) is 4.98 Å². The standard InChI is InChI=1S/C19H21N3O2S/c1-19(2,3)13-7-5-12(6-8-13)18(24)22(4)11-15-20-14-9-10-25-16(14)17(23)21-15/h5-10H,11H2,1-4H3,(H,20,21,23). The minimum Gasteiger partial charge on any atom is -0.334 e. The van der Waals surface area contributed by atoms with Crippen LogP contribution in [0.2, 0.25) is 0 Å². The van der Waals surface area contributed by atoms with E-state index in [9.17, 15) is 9.59 Å². The number of aromatic nitrogens is 2. The Morgan fingerprint density at radius 3 is 2.52 bits per heavy atom. The van der Waals surface area contributed by atoms with Crippen molar-refractivity contribution >= 4 is 27.5 Å². The zero-order valence-corrected chi connectivity index (χ0v) is 15.6. The van der Waals surface area contributed by atoms with Crippen LogP contribution in [0.25, 0.3) is 10.2 Å². The number of H-pyrrole nitrogens is 1. The average Bonchev–Trinajstić information content (AvgIpc) is 3.02. The van der Waals surface area contributed by atoms with Crippen LogP contribution < -0.4 is 5.56 Å². The van der Waals surface area contributed by atoms with Crippen LogP contribution in [0.5, 0.6) is 0 Å². The second kappa shape index (κ2) is 6.44. The normalized spacial score (nSPS) is 11.7. The number of aromatic amines is 1. The monoisotopic (exact) mass is 355 g/mol. The van der Waals surface area contributed by atoms with Gasteiger partial charge in [0.15, 0.2) is 0 Å². The van der Waals surface area contributed by atoms with Crippen molar-refractivity contribution in [1.82, 2.24) is 14.9 Å². The number of nitrogens with zero attached hydrogens (tertiary/aromatic N) is 2. The largest absolute Gasteiger partial charge is 0.334 e. The lowest BCUT2D eigenvalue weighted by atomic mass is 9.86. The van der Waals surface area contributed by atoms with Crippen molar-refractivity contribution in [3.63, 3.8) is 0 Å². The van der Waals surface area contributed by atoms with Crippen LogP contribution in [0.3, 0.4) is 0 Å². The summed E-state index contributed by atoms with van der Waals surface area (Å²) in [7, 11) is 1.71. The van der Waals surface area contributed by atoms with Gasteiger partial charge in [0.2, 0.25) is 0 Å². The number of fused-ring (bicyclic) bond motifs is 1. The minimum atomic E-state index is -0.162. The van der Waals surface area contributed by atoms with Crippen molar-refractivity contribution < 1.29 is 4.79 Å². The van der Waals surface area contributed by atoms with Crippen LogP contribution >= 0.6 is 11.3 Å². The Balaban J connectivity index is 1.78. The molecule has 3 aromatic rings. The van der Waals surface area contributed by atoms with Crippen molar-refractivity contribution in [2.24, 2.45) is 0 Å². The number of nitrogens with one attached hydrogen (secondary N) is 1. The summed E-state index contributed by atoms with van der Waals surface area (Å²) in [6, 6.07) is 9.47. The highest BCUT2D eigenvalue weighted by molar-refractivity contribution is 7.17. The Labute approximate surface area is 150 Å². The summed E-state index contributed by atoms with van der Waals surface area (Å²) in [5, 5.41) is 1.84. The molecule has 0 radical (unpaired) electrons. The maximum atomic E-state index is 12.6. The topological polar surface area (TPSA) is 66.1 Å². The molecule has 0 spiro atoms. The van der Waals surface area contributed by atoms with Crippen molar-refractivity contribution in [3.05, 3.63) is 63.0 Å². The highest BCUT2D eigenvalue weighted by Crippen LogP contribution is 2.22. The molecule has 0 aliphatic heterocycles. The van der Waals surface area contributed by atoms with E-state index in [2.05, 4.69) is 30.7 Å². The lowest BCUT2D eigenvalue weighted by molar-refractivity contribution is 0.0781. The first-order valence-corrected chi connectivity index (χ1v) is 8.96. The number of rotatable bonds is 3. The average molecular weight is 355 g/mol. The predicted octanol–water partition coefficient (Wildman–Crippen LogP) is 3.55. The van der Waals surface area contributed by atoms with Gasteiger partial charge in [-0.2, -0.15) is 0 Å². The van der Waals surface area contributed by atoms with E-state index < -0.39 is 0 Å². The molecule has 130 valence electrons. The van der Waals surface area contributed by atoms with Gasteiger partial charge in [-0.3, -0.25) is 9.59 Å². The fraction of sp³-hybridized carbons (Fsp3) is 0.316. The molecule has 0 aliphatic rings. The molecule has 6 heteroatoms. The third-order valence-electron chi connectivity index (χ3n) is 4.10. The number of thiophene rings is 1. The molecule has 2 aromatic heterocycles. The molecule has 0 saturated carbocycles. The molecule has 1 N–H and O–H groups in total. The summed E-state index contributed by atoms with van der Waals surface area (Å²) in [6.45, 7) is 6.66. The molecule has 3 rings (SSSR count). The van der Waals surface area contributed by atoms with Gasteiger partial charge in [-0.15, -0.1) is 11.3 Å². The highest BCUT2D eigenvalue weighted by atomic mass is 32.1. The van der Waals surface area contributed by atoms with Gasteiger partial charge >= 0.3 is 0 Å². The Morgan fingerprint density at radius 2 is 1.88 bits per heavy atom. The van der Waals surface area contributed by atoms with E-state index in [1.165, 1.54) is 16.9 Å². The molecule has 2 heterocycles. The summed E-state index contributed by atoms with van der Waals surface area (Å²) in [5.41, 5.74) is 2.35. The first-order chi connectivity index (χ1) is 11.8. The summed E-state index contributed by atoms with van der Waals surface area (Å²) >= 11 is 1.36.